The van der Waals surface area contributed by atoms with Gasteiger partial charge in [0, 0.05) is 23.5 Å². The van der Waals surface area contributed by atoms with Crippen LogP contribution in [0.25, 0.3) is 0 Å². The average molecular weight is 250 g/mol. The molecule has 1 aliphatic heterocycles. The molecule has 0 saturated carbocycles. The third-order valence-corrected chi connectivity index (χ3v) is 2.85. The van der Waals surface area contributed by atoms with Crippen molar-refractivity contribution in [3.8, 4) is 0 Å². The summed E-state index contributed by atoms with van der Waals surface area (Å²) in [5.74, 6) is -0.0249. The van der Waals surface area contributed by atoms with E-state index >= 15 is 0 Å². The molecule has 1 fully saturated rings. The number of Topliss-reactive ketones (excluding diaryl/α,β-unsaturated/α-hetero) is 1. The van der Waals surface area contributed by atoms with Crippen LogP contribution in [0.15, 0.2) is 18.2 Å². The van der Waals surface area contributed by atoms with Crippen LogP contribution < -0.4 is 11.1 Å². The van der Waals surface area contributed by atoms with Gasteiger partial charge in [0.1, 0.15) is 0 Å². The van der Waals surface area contributed by atoms with Gasteiger partial charge in [0.25, 0.3) is 0 Å². The summed E-state index contributed by atoms with van der Waals surface area (Å²) in [6.07, 6.45) is 0.0625. The molecular weight excluding hydrogens is 232 g/mol. The quantitative estimate of drug-likeness (QED) is 0.622. The third-order valence-electron chi connectivity index (χ3n) is 2.85. The minimum atomic E-state index is -0.0249. The van der Waals surface area contributed by atoms with Crippen molar-refractivity contribution < 1.29 is 14.3 Å². The number of hydrogen-bond acceptors (Lipinski definition) is 5. The minimum Gasteiger partial charge on any atom is -0.398 e. The molecule has 98 valence electrons. The predicted octanol–water partition coefficient (Wildman–Crippen LogP) is 1.30. The van der Waals surface area contributed by atoms with Crippen molar-refractivity contribution in [2.75, 3.05) is 37.4 Å². The molecule has 5 heteroatoms. The lowest BCUT2D eigenvalue weighted by molar-refractivity contribution is -0.0818. The second-order valence-corrected chi connectivity index (χ2v) is 4.31. The molecule has 1 aliphatic rings. The van der Waals surface area contributed by atoms with E-state index in [0.717, 1.165) is 5.69 Å². The summed E-state index contributed by atoms with van der Waals surface area (Å²) in [4.78, 5) is 11.2. The third kappa shape index (κ3) is 3.21. The first-order valence-electron chi connectivity index (χ1n) is 6.00. The molecule has 0 amide bonds. The van der Waals surface area contributed by atoms with Gasteiger partial charge in [-0.3, -0.25) is 4.79 Å². The molecule has 1 unspecified atom stereocenters. The summed E-state index contributed by atoms with van der Waals surface area (Å²) < 4.78 is 10.8. The van der Waals surface area contributed by atoms with E-state index in [-0.39, 0.29) is 11.9 Å². The Balaban J connectivity index is 1.93. The number of carbonyl (C=O) groups is 1. The Labute approximate surface area is 106 Å². The van der Waals surface area contributed by atoms with Crippen LogP contribution in [0.1, 0.15) is 17.3 Å². The van der Waals surface area contributed by atoms with Crippen molar-refractivity contribution in [2.24, 2.45) is 0 Å². The fourth-order valence-corrected chi connectivity index (χ4v) is 1.88. The molecule has 1 aromatic rings. The number of nitrogens with one attached hydrogen (secondary N) is 1. The molecule has 1 heterocycles. The Morgan fingerprint density at radius 1 is 1.50 bits per heavy atom. The molecule has 1 saturated heterocycles. The zero-order valence-electron chi connectivity index (χ0n) is 10.4. The highest BCUT2D eigenvalue weighted by Gasteiger charge is 2.14. The number of rotatable bonds is 4. The van der Waals surface area contributed by atoms with Gasteiger partial charge in [-0.2, -0.15) is 0 Å². The van der Waals surface area contributed by atoms with Crippen LogP contribution >= 0.6 is 0 Å². The maximum absolute atomic E-state index is 11.2. The average Bonchev–Trinajstić information content (AvgIpc) is 2.37. The summed E-state index contributed by atoms with van der Waals surface area (Å²) >= 11 is 0. The Hall–Kier alpha value is -1.59. The first-order valence-corrected chi connectivity index (χ1v) is 6.00. The van der Waals surface area contributed by atoms with Gasteiger partial charge in [-0.25, -0.2) is 0 Å². The molecule has 5 nitrogen and oxygen atoms in total. The molecule has 0 radical (unpaired) electrons. The molecule has 1 atom stereocenters. The molecule has 2 rings (SSSR count). The summed E-state index contributed by atoms with van der Waals surface area (Å²) in [5, 5.41) is 3.23. The topological polar surface area (TPSA) is 73.6 Å². The largest absolute Gasteiger partial charge is 0.398 e. The van der Waals surface area contributed by atoms with Crippen molar-refractivity contribution >= 4 is 17.2 Å². The summed E-state index contributed by atoms with van der Waals surface area (Å²) in [5.41, 5.74) is 7.74. The fourth-order valence-electron chi connectivity index (χ4n) is 1.88. The van der Waals surface area contributed by atoms with E-state index in [1.165, 1.54) is 6.92 Å². The van der Waals surface area contributed by atoms with Crippen LogP contribution in [-0.2, 0) is 9.47 Å². The van der Waals surface area contributed by atoms with Crippen molar-refractivity contribution in [2.45, 2.75) is 13.0 Å². The van der Waals surface area contributed by atoms with Crippen molar-refractivity contribution in [1.82, 2.24) is 0 Å². The van der Waals surface area contributed by atoms with E-state index in [2.05, 4.69) is 5.32 Å². The van der Waals surface area contributed by atoms with Crippen LogP contribution in [0.4, 0.5) is 11.4 Å². The molecule has 0 bridgehead atoms. The number of anilines is 2. The molecular formula is C13H18N2O3. The lowest BCUT2D eigenvalue weighted by Gasteiger charge is -2.23. The minimum absolute atomic E-state index is 0.0249. The summed E-state index contributed by atoms with van der Waals surface area (Å²) in [6, 6.07) is 5.34. The number of benzene rings is 1. The Morgan fingerprint density at radius 3 is 2.94 bits per heavy atom. The van der Waals surface area contributed by atoms with E-state index in [0.29, 0.717) is 37.6 Å². The first kappa shape index (κ1) is 12.9. The van der Waals surface area contributed by atoms with Crippen molar-refractivity contribution in [3.05, 3.63) is 23.8 Å². The molecule has 3 N–H and O–H groups in total. The SMILES string of the molecule is CC(=O)c1ccc(NCC2COCCO2)cc1N. The van der Waals surface area contributed by atoms with Crippen LogP contribution in [0.3, 0.4) is 0 Å². The maximum atomic E-state index is 11.2. The zero-order valence-corrected chi connectivity index (χ0v) is 10.4. The number of nitrogens with two attached hydrogens (primary N) is 1. The smallest absolute Gasteiger partial charge is 0.161 e. The van der Waals surface area contributed by atoms with Gasteiger partial charge in [-0.1, -0.05) is 0 Å². The number of hydrogen-bond donors (Lipinski definition) is 2. The first-order chi connectivity index (χ1) is 8.66. The monoisotopic (exact) mass is 250 g/mol. The molecule has 0 aromatic heterocycles. The highest BCUT2D eigenvalue weighted by atomic mass is 16.6. The van der Waals surface area contributed by atoms with E-state index < -0.39 is 0 Å². The molecule has 18 heavy (non-hydrogen) atoms. The summed E-state index contributed by atoms with van der Waals surface area (Å²) in [7, 11) is 0. The lowest BCUT2D eigenvalue weighted by Crippen LogP contribution is -2.34. The molecule has 1 aromatic carbocycles. The maximum Gasteiger partial charge on any atom is 0.161 e. The summed E-state index contributed by atoms with van der Waals surface area (Å²) in [6.45, 7) is 4.08. The van der Waals surface area contributed by atoms with Crippen LogP contribution in [0.5, 0.6) is 0 Å². The number of nitrogen functional groups attached to an aromatic ring is 1. The van der Waals surface area contributed by atoms with E-state index in [9.17, 15) is 4.79 Å². The van der Waals surface area contributed by atoms with Gasteiger partial charge >= 0.3 is 0 Å². The van der Waals surface area contributed by atoms with Crippen molar-refractivity contribution in [1.29, 1.82) is 0 Å². The van der Waals surface area contributed by atoms with Gasteiger partial charge in [0.2, 0.25) is 0 Å². The van der Waals surface area contributed by atoms with Gasteiger partial charge in [-0.15, -0.1) is 0 Å². The van der Waals surface area contributed by atoms with Gasteiger partial charge in [-0.05, 0) is 25.1 Å². The number of ether oxygens (including phenoxy) is 2. The standard InChI is InChI=1S/C13H18N2O3/c1-9(16)12-3-2-10(6-13(12)14)15-7-11-8-17-4-5-18-11/h2-3,6,11,15H,4-5,7-8,14H2,1H3. The second kappa shape index (κ2) is 5.84. The van der Waals surface area contributed by atoms with Crippen LogP contribution in [0, 0.1) is 0 Å². The van der Waals surface area contributed by atoms with E-state index in [1.807, 2.05) is 6.07 Å². The van der Waals surface area contributed by atoms with Crippen LogP contribution in [-0.4, -0.2) is 38.3 Å². The molecule has 0 aliphatic carbocycles. The Kier molecular flexibility index (Phi) is 4.17. The van der Waals surface area contributed by atoms with Crippen molar-refractivity contribution in [3.63, 3.8) is 0 Å². The lowest BCUT2D eigenvalue weighted by atomic mass is 10.1. The van der Waals surface area contributed by atoms with Crippen LogP contribution in [0.2, 0.25) is 0 Å². The normalized spacial score (nSPS) is 19.5. The predicted molar refractivity (Wildman–Crippen MR) is 69.9 cm³/mol. The second-order valence-electron chi connectivity index (χ2n) is 4.31. The fraction of sp³-hybridized carbons (Fsp3) is 0.462. The molecule has 0 spiro atoms. The van der Waals surface area contributed by atoms with Gasteiger partial charge in [0.05, 0.1) is 25.9 Å². The number of ketones is 1. The highest BCUT2D eigenvalue weighted by molar-refractivity contribution is 5.99. The number of carbonyl (C=O) groups excluding carboxylic acids is 1. The van der Waals surface area contributed by atoms with Gasteiger partial charge < -0.3 is 20.5 Å². The highest BCUT2D eigenvalue weighted by Crippen LogP contribution is 2.18. The van der Waals surface area contributed by atoms with E-state index in [4.69, 9.17) is 15.2 Å². The Bertz CT molecular complexity index is 428. The van der Waals surface area contributed by atoms with E-state index in [1.54, 1.807) is 12.1 Å². The van der Waals surface area contributed by atoms with Gasteiger partial charge in [0.15, 0.2) is 5.78 Å². The Morgan fingerprint density at radius 2 is 2.33 bits per heavy atom. The zero-order chi connectivity index (χ0) is 13.0.